The fourth-order valence-corrected chi connectivity index (χ4v) is 3.77. The van der Waals surface area contributed by atoms with Crippen LogP contribution in [-0.2, 0) is 17.6 Å². The Balaban J connectivity index is 1.56. The summed E-state index contributed by atoms with van der Waals surface area (Å²) in [7, 11) is 1.78. The lowest BCUT2D eigenvalue weighted by molar-refractivity contribution is -0.137. The molecule has 23 heavy (non-hydrogen) atoms. The molecule has 0 heterocycles. The number of ether oxygens (including phenoxy) is 1. The van der Waals surface area contributed by atoms with Gasteiger partial charge in [-0.2, -0.15) is 0 Å². The number of nitrogens with zero attached hydrogens (tertiary/aromatic N) is 1. The van der Waals surface area contributed by atoms with Crippen LogP contribution in [0.25, 0.3) is 0 Å². The lowest BCUT2D eigenvalue weighted by atomic mass is 9.91. The lowest BCUT2D eigenvalue weighted by Crippen LogP contribution is -2.47. The Hall–Kier alpha value is -1.55. The standard InChI is InChI=1S/C19H27NO3/c1-20(17-8-4-5-9-18(17)21)19(22)13-23-16-11-10-14-6-2-3-7-15(14)12-16/h10-12,17-18,21H,2-9,13H2,1H3/t17-,18-/m1/s1. The van der Waals surface area contributed by atoms with Gasteiger partial charge >= 0.3 is 0 Å². The zero-order valence-corrected chi connectivity index (χ0v) is 14.0. The number of carbonyl (C=O) groups is 1. The van der Waals surface area contributed by atoms with E-state index < -0.39 is 6.10 Å². The number of aryl methyl sites for hydroxylation is 2. The van der Waals surface area contributed by atoms with Gasteiger partial charge in [-0.15, -0.1) is 0 Å². The molecule has 0 saturated heterocycles. The van der Waals surface area contributed by atoms with E-state index in [1.165, 1.54) is 24.0 Å². The molecule has 3 rings (SSSR count). The first-order chi connectivity index (χ1) is 11.1. The Bertz CT molecular complexity index is 558. The second kappa shape index (κ2) is 7.35. The van der Waals surface area contributed by atoms with Gasteiger partial charge < -0.3 is 14.7 Å². The molecule has 2 aliphatic carbocycles. The quantitative estimate of drug-likeness (QED) is 0.929. The van der Waals surface area contributed by atoms with Crippen LogP contribution < -0.4 is 4.74 Å². The third kappa shape index (κ3) is 3.86. The monoisotopic (exact) mass is 317 g/mol. The molecule has 4 nitrogen and oxygen atoms in total. The molecule has 2 aliphatic rings. The number of hydrogen-bond acceptors (Lipinski definition) is 3. The van der Waals surface area contributed by atoms with Crippen LogP contribution in [0.2, 0.25) is 0 Å². The summed E-state index contributed by atoms with van der Waals surface area (Å²) >= 11 is 0. The summed E-state index contributed by atoms with van der Waals surface area (Å²) < 4.78 is 5.71. The Morgan fingerprint density at radius 1 is 1.17 bits per heavy atom. The molecule has 0 unspecified atom stereocenters. The molecule has 1 aromatic carbocycles. The zero-order valence-electron chi connectivity index (χ0n) is 14.0. The molecule has 0 spiro atoms. The van der Waals surface area contributed by atoms with Crippen molar-refractivity contribution in [2.45, 2.75) is 63.5 Å². The van der Waals surface area contributed by atoms with Crippen molar-refractivity contribution in [3.63, 3.8) is 0 Å². The van der Waals surface area contributed by atoms with Crippen molar-refractivity contribution >= 4 is 5.91 Å². The van der Waals surface area contributed by atoms with Crippen LogP contribution in [0, 0.1) is 0 Å². The fourth-order valence-electron chi connectivity index (χ4n) is 3.77. The van der Waals surface area contributed by atoms with E-state index >= 15 is 0 Å². The second-order valence-electron chi connectivity index (χ2n) is 6.85. The largest absolute Gasteiger partial charge is 0.484 e. The average Bonchev–Trinajstić information content (AvgIpc) is 2.59. The highest BCUT2D eigenvalue weighted by Gasteiger charge is 2.29. The molecule has 0 aromatic heterocycles. The van der Waals surface area contributed by atoms with Crippen LogP contribution in [0.1, 0.15) is 49.7 Å². The number of aliphatic hydroxyl groups excluding tert-OH is 1. The van der Waals surface area contributed by atoms with E-state index in [1.54, 1.807) is 11.9 Å². The van der Waals surface area contributed by atoms with E-state index in [-0.39, 0.29) is 18.6 Å². The van der Waals surface area contributed by atoms with Crippen LogP contribution in [0.3, 0.4) is 0 Å². The van der Waals surface area contributed by atoms with Gasteiger partial charge in [0, 0.05) is 7.05 Å². The van der Waals surface area contributed by atoms with Crippen LogP contribution in [-0.4, -0.2) is 41.7 Å². The van der Waals surface area contributed by atoms with Crippen molar-refractivity contribution < 1.29 is 14.6 Å². The molecule has 1 saturated carbocycles. The van der Waals surface area contributed by atoms with Crippen LogP contribution in [0.4, 0.5) is 0 Å². The SMILES string of the molecule is CN(C(=O)COc1ccc2c(c1)CCCC2)[C@@H]1CCCC[C@H]1O. The summed E-state index contributed by atoms with van der Waals surface area (Å²) in [5.41, 5.74) is 2.77. The number of fused-ring (bicyclic) bond motifs is 1. The Kier molecular flexibility index (Phi) is 5.21. The van der Waals surface area contributed by atoms with E-state index in [2.05, 4.69) is 12.1 Å². The summed E-state index contributed by atoms with van der Waals surface area (Å²) in [6.45, 7) is 0.0402. The Morgan fingerprint density at radius 3 is 2.70 bits per heavy atom. The number of rotatable bonds is 4. The highest BCUT2D eigenvalue weighted by molar-refractivity contribution is 5.78. The molecular weight excluding hydrogens is 290 g/mol. The topological polar surface area (TPSA) is 49.8 Å². The highest BCUT2D eigenvalue weighted by Crippen LogP contribution is 2.26. The molecular formula is C19H27NO3. The molecule has 0 aliphatic heterocycles. The average molecular weight is 317 g/mol. The smallest absolute Gasteiger partial charge is 0.260 e. The van der Waals surface area contributed by atoms with Gasteiger partial charge in [-0.05, 0) is 61.8 Å². The maximum Gasteiger partial charge on any atom is 0.260 e. The third-order valence-corrected chi connectivity index (χ3v) is 5.27. The van der Waals surface area contributed by atoms with Gasteiger partial charge in [0.05, 0.1) is 12.1 Å². The molecule has 0 bridgehead atoms. The number of benzene rings is 1. The molecule has 4 heteroatoms. The van der Waals surface area contributed by atoms with Crippen molar-refractivity contribution in [1.82, 2.24) is 4.90 Å². The zero-order chi connectivity index (χ0) is 16.2. The molecule has 2 atom stereocenters. The minimum atomic E-state index is -0.401. The number of likely N-dealkylation sites (N-methyl/N-ethyl adjacent to an activating group) is 1. The van der Waals surface area contributed by atoms with Gasteiger partial charge in [-0.3, -0.25) is 4.79 Å². The van der Waals surface area contributed by atoms with Gasteiger partial charge in [0.2, 0.25) is 0 Å². The first-order valence-electron chi connectivity index (χ1n) is 8.83. The maximum absolute atomic E-state index is 12.3. The molecule has 1 N–H and O–H groups in total. The van der Waals surface area contributed by atoms with Gasteiger partial charge in [0.1, 0.15) is 5.75 Å². The van der Waals surface area contributed by atoms with Crippen molar-refractivity contribution in [3.8, 4) is 5.75 Å². The van der Waals surface area contributed by atoms with E-state index in [0.29, 0.717) is 0 Å². The summed E-state index contributed by atoms with van der Waals surface area (Å²) in [6.07, 6.45) is 8.14. The number of hydrogen-bond donors (Lipinski definition) is 1. The Morgan fingerprint density at radius 2 is 1.91 bits per heavy atom. The van der Waals surface area contributed by atoms with Crippen molar-refractivity contribution in [2.75, 3.05) is 13.7 Å². The van der Waals surface area contributed by atoms with Crippen molar-refractivity contribution in [3.05, 3.63) is 29.3 Å². The van der Waals surface area contributed by atoms with Gasteiger partial charge in [0.25, 0.3) is 5.91 Å². The molecule has 1 aromatic rings. The minimum Gasteiger partial charge on any atom is -0.484 e. The van der Waals surface area contributed by atoms with Crippen LogP contribution in [0.5, 0.6) is 5.75 Å². The van der Waals surface area contributed by atoms with Crippen molar-refractivity contribution in [2.24, 2.45) is 0 Å². The predicted molar refractivity (Wildman–Crippen MR) is 89.6 cm³/mol. The fraction of sp³-hybridized carbons (Fsp3) is 0.632. The first-order valence-corrected chi connectivity index (χ1v) is 8.83. The van der Waals surface area contributed by atoms with Crippen LogP contribution >= 0.6 is 0 Å². The number of carbonyl (C=O) groups excluding carboxylic acids is 1. The third-order valence-electron chi connectivity index (χ3n) is 5.27. The highest BCUT2D eigenvalue weighted by atomic mass is 16.5. The minimum absolute atomic E-state index is 0.0402. The van der Waals surface area contributed by atoms with E-state index in [1.807, 2.05) is 6.07 Å². The van der Waals surface area contributed by atoms with Gasteiger partial charge in [0.15, 0.2) is 6.61 Å². The van der Waals surface area contributed by atoms with Crippen LogP contribution in [0.15, 0.2) is 18.2 Å². The summed E-state index contributed by atoms with van der Waals surface area (Å²) in [5, 5.41) is 10.1. The van der Waals surface area contributed by atoms with Gasteiger partial charge in [-0.1, -0.05) is 18.9 Å². The van der Waals surface area contributed by atoms with E-state index in [4.69, 9.17) is 4.74 Å². The second-order valence-corrected chi connectivity index (χ2v) is 6.85. The Labute approximate surface area is 138 Å². The molecule has 0 radical (unpaired) electrons. The summed E-state index contributed by atoms with van der Waals surface area (Å²) in [6, 6.07) is 6.11. The molecule has 1 amide bonds. The van der Waals surface area contributed by atoms with E-state index in [9.17, 15) is 9.90 Å². The van der Waals surface area contributed by atoms with Crippen molar-refractivity contribution in [1.29, 1.82) is 0 Å². The normalized spacial score (nSPS) is 23.9. The first kappa shape index (κ1) is 16.3. The number of aliphatic hydroxyl groups is 1. The van der Waals surface area contributed by atoms with Gasteiger partial charge in [-0.25, -0.2) is 0 Å². The van der Waals surface area contributed by atoms with E-state index in [0.717, 1.165) is 44.3 Å². The summed E-state index contributed by atoms with van der Waals surface area (Å²) in [4.78, 5) is 14.0. The lowest BCUT2D eigenvalue weighted by Gasteiger charge is -2.35. The maximum atomic E-state index is 12.3. The predicted octanol–water partition coefficient (Wildman–Crippen LogP) is 2.71. The molecule has 126 valence electrons. The summed E-state index contributed by atoms with van der Waals surface area (Å²) in [5.74, 6) is 0.713. The number of amides is 1. The molecule has 1 fully saturated rings.